The van der Waals surface area contributed by atoms with Gasteiger partial charge in [-0.3, -0.25) is 0 Å². The average Bonchev–Trinajstić information content (AvgIpc) is 2.80. The van der Waals surface area contributed by atoms with Crippen LogP contribution in [0.25, 0.3) is 11.4 Å². The Hall–Kier alpha value is -1.76. The third kappa shape index (κ3) is 2.26. The first-order valence-electron chi connectivity index (χ1n) is 5.28. The number of carboxylic acid groups (broad SMARTS) is 1. The molecule has 2 aromatic rings. The van der Waals surface area contributed by atoms with Gasteiger partial charge in [0.25, 0.3) is 0 Å². The minimum Gasteiger partial charge on any atom is -0.480 e. The van der Waals surface area contributed by atoms with Crippen LogP contribution in [0.4, 0.5) is 0 Å². The fraction of sp³-hybridized carbons (Fsp3) is 0.273. The number of hydrogen-bond acceptors (Lipinski definition) is 4. The molecule has 0 aliphatic rings. The summed E-state index contributed by atoms with van der Waals surface area (Å²) in [6.07, 6.45) is 0. The zero-order valence-electron chi connectivity index (χ0n) is 9.83. The van der Waals surface area contributed by atoms with Gasteiger partial charge in [-0.15, -0.1) is 5.10 Å². The number of benzene rings is 1. The second-order valence-electron chi connectivity index (χ2n) is 3.92. The minimum absolute atomic E-state index is 0.448. The Morgan fingerprint density at radius 1 is 1.50 bits per heavy atom. The quantitative estimate of drug-likeness (QED) is 0.938. The van der Waals surface area contributed by atoms with Crippen molar-refractivity contribution in [2.24, 2.45) is 0 Å². The predicted molar refractivity (Wildman–Crippen MR) is 68.0 cm³/mol. The Morgan fingerprint density at radius 2 is 2.22 bits per heavy atom. The summed E-state index contributed by atoms with van der Waals surface area (Å²) in [5.41, 5.74) is 1.79. The normalized spacial score (nSPS) is 12.4. The van der Waals surface area contributed by atoms with E-state index in [2.05, 4.69) is 31.5 Å². The van der Waals surface area contributed by atoms with E-state index in [1.54, 1.807) is 0 Å². The van der Waals surface area contributed by atoms with Crippen molar-refractivity contribution in [3.8, 4) is 11.4 Å². The second kappa shape index (κ2) is 4.85. The smallest absolute Gasteiger partial charge is 0.328 e. The van der Waals surface area contributed by atoms with E-state index in [4.69, 9.17) is 5.11 Å². The van der Waals surface area contributed by atoms with Gasteiger partial charge in [-0.1, -0.05) is 22.0 Å². The molecule has 0 amide bonds. The van der Waals surface area contributed by atoms with E-state index in [0.29, 0.717) is 5.82 Å². The first-order valence-corrected chi connectivity index (χ1v) is 6.07. The molecule has 0 spiro atoms. The first kappa shape index (κ1) is 12.7. The number of aliphatic carboxylic acids is 1. The highest BCUT2D eigenvalue weighted by Gasteiger charge is 2.21. The van der Waals surface area contributed by atoms with Gasteiger partial charge in [-0.05, 0) is 42.0 Å². The molecule has 1 unspecified atom stereocenters. The van der Waals surface area contributed by atoms with Crippen LogP contribution in [0.5, 0.6) is 0 Å². The molecule has 0 fully saturated rings. The van der Waals surface area contributed by atoms with Crippen molar-refractivity contribution < 1.29 is 9.90 Å². The number of tetrazole rings is 1. The highest BCUT2D eigenvalue weighted by molar-refractivity contribution is 9.10. The van der Waals surface area contributed by atoms with E-state index in [-0.39, 0.29) is 0 Å². The second-order valence-corrected chi connectivity index (χ2v) is 4.84. The third-order valence-corrected chi connectivity index (χ3v) is 3.15. The van der Waals surface area contributed by atoms with Gasteiger partial charge in [0.2, 0.25) is 0 Å². The molecule has 1 aromatic heterocycles. The molecule has 0 saturated heterocycles. The lowest BCUT2D eigenvalue weighted by Gasteiger charge is -2.10. The van der Waals surface area contributed by atoms with E-state index in [1.807, 2.05) is 25.1 Å². The van der Waals surface area contributed by atoms with Crippen molar-refractivity contribution in [2.75, 3.05) is 0 Å². The topological polar surface area (TPSA) is 80.9 Å². The Kier molecular flexibility index (Phi) is 3.42. The molecule has 7 heteroatoms. The van der Waals surface area contributed by atoms with Crippen LogP contribution in [-0.2, 0) is 4.79 Å². The zero-order chi connectivity index (χ0) is 13.3. The maximum absolute atomic E-state index is 11.0. The maximum Gasteiger partial charge on any atom is 0.328 e. The monoisotopic (exact) mass is 310 g/mol. The number of hydrogen-bond donors (Lipinski definition) is 1. The average molecular weight is 311 g/mol. The zero-order valence-corrected chi connectivity index (χ0v) is 11.4. The molecule has 1 atom stereocenters. The molecule has 2 rings (SSSR count). The molecule has 0 bridgehead atoms. The summed E-state index contributed by atoms with van der Waals surface area (Å²) in [5.74, 6) is -0.528. The number of nitrogens with zero attached hydrogens (tertiary/aromatic N) is 4. The Labute approximate surface area is 112 Å². The molecular formula is C11H11BrN4O2. The minimum atomic E-state index is -0.976. The van der Waals surface area contributed by atoms with E-state index in [1.165, 1.54) is 11.6 Å². The van der Waals surface area contributed by atoms with Gasteiger partial charge in [0.05, 0.1) is 0 Å². The Bertz CT molecular complexity index is 596. The molecule has 0 saturated carbocycles. The summed E-state index contributed by atoms with van der Waals surface area (Å²) < 4.78 is 2.19. The van der Waals surface area contributed by atoms with Crippen molar-refractivity contribution in [3.63, 3.8) is 0 Å². The summed E-state index contributed by atoms with van der Waals surface area (Å²) in [4.78, 5) is 11.0. The van der Waals surface area contributed by atoms with Gasteiger partial charge in [-0.25, -0.2) is 9.48 Å². The SMILES string of the molecule is Cc1ccc(Br)cc1-c1nnnn1C(C)C(=O)O. The van der Waals surface area contributed by atoms with Crippen LogP contribution in [0.2, 0.25) is 0 Å². The van der Waals surface area contributed by atoms with Crippen molar-refractivity contribution in [1.29, 1.82) is 0 Å². The summed E-state index contributed by atoms with van der Waals surface area (Å²) in [6, 6.07) is 4.89. The van der Waals surface area contributed by atoms with Gasteiger partial charge < -0.3 is 5.11 Å². The molecule has 1 aromatic carbocycles. The van der Waals surface area contributed by atoms with Crippen molar-refractivity contribution in [1.82, 2.24) is 20.2 Å². The van der Waals surface area contributed by atoms with Gasteiger partial charge in [0.1, 0.15) is 0 Å². The number of rotatable bonds is 3. The van der Waals surface area contributed by atoms with Crippen molar-refractivity contribution in [3.05, 3.63) is 28.2 Å². The standard InChI is InChI=1S/C11H11BrN4O2/c1-6-3-4-8(12)5-9(6)10-13-14-15-16(10)7(2)11(17)18/h3-5,7H,1-2H3,(H,17,18). The molecule has 0 aliphatic heterocycles. The highest BCUT2D eigenvalue weighted by atomic mass is 79.9. The third-order valence-electron chi connectivity index (χ3n) is 2.66. The van der Waals surface area contributed by atoms with Crippen LogP contribution in [0.1, 0.15) is 18.5 Å². The van der Waals surface area contributed by atoms with Gasteiger partial charge in [0, 0.05) is 10.0 Å². The van der Waals surface area contributed by atoms with Crippen LogP contribution >= 0.6 is 15.9 Å². The van der Waals surface area contributed by atoms with Crippen LogP contribution in [-0.4, -0.2) is 31.3 Å². The predicted octanol–water partition coefficient (Wildman–Crippen LogP) is 2.06. The molecule has 6 nitrogen and oxygen atoms in total. The largest absolute Gasteiger partial charge is 0.480 e. The molecule has 1 N–H and O–H groups in total. The molecule has 0 aliphatic carbocycles. The van der Waals surface area contributed by atoms with E-state index >= 15 is 0 Å². The lowest BCUT2D eigenvalue weighted by molar-refractivity contribution is -0.140. The summed E-state index contributed by atoms with van der Waals surface area (Å²) in [6.45, 7) is 3.46. The lowest BCUT2D eigenvalue weighted by Crippen LogP contribution is -2.18. The van der Waals surface area contributed by atoms with E-state index in [9.17, 15) is 4.79 Å². The highest BCUT2D eigenvalue weighted by Crippen LogP contribution is 2.26. The maximum atomic E-state index is 11.0. The summed E-state index contributed by atoms with van der Waals surface area (Å²) in [5, 5.41) is 20.2. The Balaban J connectivity index is 2.55. The molecule has 18 heavy (non-hydrogen) atoms. The number of aryl methyl sites for hydroxylation is 1. The van der Waals surface area contributed by atoms with Crippen LogP contribution in [0.15, 0.2) is 22.7 Å². The molecular weight excluding hydrogens is 300 g/mol. The number of aromatic nitrogens is 4. The molecule has 0 radical (unpaired) electrons. The summed E-state index contributed by atoms with van der Waals surface area (Å²) in [7, 11) is 0. The number of carbonyl (C=O) groups is 1. The lowest BCUT2D eigenvalue weighted by atomic mass is 10.1. The van der Waals surface area contributed by atoms with E-state index < -0.39 is 12.0 Å². The van der Waals surface area contributed by atoms with Crippen LogP contribution in [0, 0.1) is 6.92 Å². The van der Waals surface area contributed by atoms with Crippen molar-refractivity contribution in [2.45, 2.75) is 19.9 Å². The van der Waals surface area contributed by atoms with Gasteiger partial charge in [-0.2, -0.15) is 0 Å². The van der Waals surface area contributed by atoms with Crippen molar-refractivity contribution >= 4 is 21.9 Å². The van der Waals surface area contributed by atoms with Gasteiger partial charge in [0.15, 0.2) is 11.9 Å². The molecule has 1 heterocycles. The van der Waals surface area contributed by atoms with Gasteiger partial charge >= 0.3 is 5.97 Å². The van der Waals surface area contributed by atoms with Crippen LogP contribution < -0.4 is 0 Å². The fourth-order valence-electron chi connectivity index (χ4n) is 1.57. The first-order chi connectivity index (χ1) is 8.50. The number of halogens is 1. The molecule has 94 valence electrons. The van der Waals surface area contributed by atoms with Crippen LogP contribution in [0.3, 0.4) is 0 Å². The van der Waals surface area contributed by atoms with E-state index in [0.717, 1.165) is 15.6 Å². The Morgan fingerprint density at radius 3 is 2.89 bits per heavy atom. The number of carboxylic acids is 1. The fourth-order valence-corrected chi connectivity index (χ4v) is 1.93. The summed E-state index contributed by atoms with van der Waals surface area (Å²) >= 11 is 3.38.